The van der Waals surface area contributed by atoms with Gasteiger partial charge in [-0.1, -0.05) is 69.7 Å². The third-order valence-electron chi connectivity index (χ3n) is 3.88. The Morgan fingerprint density at radius 2 is 1.88 bits per heavy atom. The lowest BCUT2D eigenvalue weighted by atomic mass is 10.2. The number of rotatable bonds is 7. The Morgan fingerprint density at radius 1 is 1.12 bits per heavy atom. The van der Waals surface area contributed by atoms with Gasteiger partial charge in [0.15, 0.2) is 5.13 Å². The van der Waals surface area contributed by atoms with E-state index in [0.29, 0.717) is 11.4 Å². The molecule has 1 aromatic heterocycles. The first-order valence-corrected chi connectivity index (χ1v) is 10.0. The minimum atomic E-state index is -0.0870. The van der Waals surface area contributed by atoms with Gasteiger partial charge < -0.3 is 10.6 Å². The van der Waals surface area contributed by atoms with Crippen molar-refractivity contribution in [1.29, 1.82) is 0 Å². The molecular weight excluding hydrogens is 410 g/mol. The van der Waals surface area contributed by atoms with Crippen molar-refractivity contribution >= 4 is 38.3 Å². The van der Waals surface area contributed by atoms with Crippen LogP contribution in [0.3, 0.4) is 0 Å². The summed E-state index contributed by atoms with van der Waals surface area (Å²) in [5, 5.41) is 7.06. The van der Waals surface area contributed by atoms with Crippen LogP contribution in [-0.2, 0) is 13.0 Å². The van der Waals surface area contributed by atoms with Gasteiger partial charge in [0.05, 0.1) is 5.69 Å². The van der Waals surface area contributed by atoms with Gasteiger partial charge in [-0.2, -0.15) is 0 Å². The zero-order valence-corrected chi connectivity index (χ0v) is 16.9. The van der Waals surface area contributed by atoms with Gasteiger partial charge in [0.25, 0.3) is 5.91 Å². The number of benzene rings is 2. The largest absolute Gasteiger partial charge is 0.361 e. The summed E-state index contributed by atoms with van der Waals surface area (Å²) in [6.07, 6.45) is 0.921. The summed E-state index contributed by atoms with van der Waals surface area (Å²) >= 11 is 4.84. The number of carbonyl (C=O) groups excluding carboxylic acids is 1. The minimum absolute atomic E-state index is 0.0870. The van der Waals surface area contributed by atoms with Crippen LogP contribution in [0.4, 0.5) is 5.13 Å². The van der Waals surface area contributed by atoms with Crippen LogP contribution >= 0.6 is 27.3 Å². The highest BCUT2D eigenvalue weighted by atomic mass is 79.9. The molecule has 0 aliphatic heterocycles. The topological polar surface area (TPSA) is 54.0 Å². The number of carbonyl (C=O) groups is 1. The molecule has 2 N–H and O–H groups in total. The van der Waals surface area contributed by atoms with Crippen LogP contribution in [0.25, 0.3) is 0 Å². The highest BCUT2D eigenvalue weighted by Gasteiger charge is 2.15. The molecule has 0 saturated carbocycles. The van der Waals surface area contributed by atoms with Crippen LogP contribution < -0.4 is 10.6 Å². The number of hydrogen-bond donors (Lipinski definition) is 2. The maximum atomic E-state index is 12.5. The number of halogens is 1. The Labute approximate surface area is 165 Å². The molecule has 1 heterocycles. The number of anilines is 1. The Balaban J connectivity index is 1.54. The van der Waals surface area contributed by atoms with Crippen LogP contribution in [0.5, 0.6) is 0 Å². The van der Waals surface area contributed by atoms with Crippen molar-refractivity contribution in [2.45, 2.75) is 19.9 Å². The Kier molecular flexibility index (Phi) is 6.41. The van der Waals surface area contributed by atoms with E-state index in [1.165, 1.54) is 16.9 Å². The molecule has 2 aromatic carbocycles. The van der Waals surface area contributed by atoms with Crippen LogP contribution in [-0.4, -0.2) is 17.4 Å². The van der Waals surface area contributed by atoms with E-state index in [0.717, 1.165) is 33.8 Å². The molecule has 0 unspecified atom stereocenters. The number of hydrogen-bond acceptors (Lipinski definition) is 4. The molecule has 0 saturated heterocycles. The predicted molar refractivity (Wildman–Crippen MR) is 111 cm³/mol. The van der Waals surface area contributed by atoms with Crippen molar-refractivity contribution in [2.24, 2.45) is 0 Å². The lowest BCUT2D eigenvalue weighted by Crippen LogP contribution is -2.22. The van der Waals surface area contributed by atoms with Gasteiger partial charge in [-0.05, 0) is 36.6 Å². The van der Waals surface area contributed by atoms with E-state index in [-0.39, 0.29) is 5.91 Å². The molecule has 4 nitrogen and oxygen atoms in total. The van der Waals surface area contributed by atoms with E-state index in [2.05, 4.69) is 43.7 Å². The monoisotopic (exact) mass is 429 g/mol. The first-order chi connectivity index (χ1) is 12.6. The Morgan fingerprint density at radius 3 is 2.65 bits per heavy atom. The molecule has 134 valence electrons. The van der Waals surface area contributed by atoms with Crippen molar-refractivity contribution < 1.29 is 4.79 Å². The van der Waals surface area contributed by atoms with Gasteiger partial charge in [-0.15, -0.1) is 0 Å². The molecule has 1 amide bonds. The second-order valence-corrected chi connectivity index (χ2v) is 7.82. The van der Waals surface area contributed by atoms with Crippen LogP contribution in [0, 0.1) is 6.92 Å². The van der Waals surface area contributed by atoms with Crippen molar-refractivity contribution in [2.75, 3.05) is 11.9 Å². The van der Waals surface area contributed by atoms with E-state index < -0.39 is 0 Å². The quantitative estimate of drug-likeness (QED) is 0.566. The van der Waals surface area contributed by atoms with E-state index in [4.69, 9.17) is 0 Å². The van der Waals surface area contributed by atoms with Gasteiger partial charge in [0.2, 0.25) is 0 Å². The molecular formula is C20H20BrN3OS. The number of amides is 1. The number of nitrogens with one attached hydrogen (secondary N) is 2. The molecule has 0 atom stereocenters. The van der Waals surface area contributed by atoms with Gasteiger partial charge in [-0.3, -0.25) is 4.79 Å². The second-order valence-electron chi connectivity index (χ2n) is 5.91. The van der Waals surface area contributed by atoms with E-state index >= 15 is 0 Å². The maximum Gasteiger partial charge on any atom is 0.263 e. The fourth-order valence-corrected chi connectivity index (χ4v) is 3.91. The van der Waals surface area contributed by atoms with Crippen molar-refractivity contribution in [3.63, 3.8) is 0 Å². The summed E-state index contributed by atoms with van der Waals surface area (Å²) < 4.78 is 1.00. The van der Waals surface area contributed by atoms with Crippen molar-refractivity contribution in [1.82, 2.24) is 10.3 Å². The Bertz CT molecular complexity index is 880. The first kappa shape index (κ1) is 18.6. The number of thiazole rings is 1. The van der Waals surface area contributed by atoms with Crippen molar-refractivity contribution in [3.8, 4) is 0 Å². The third kappa shape index (κ3) is 5.16. The zero-order valence-electron chi connectivity index (χ0n) is 14.5. The number of aryl methyl sites for hydroxylation is 1. The molecule has 0 spiro atoms. The molecule has 0 bridgehead atoms. The fourth-order valence-electron chi connectivity index (χ4n) is 2.55. The average molecular weight is 430 g/mol. The zero-order chi connectivity index (χ0) is 18.4. The maximum absolute atomic E-state index is 12.5. The normalized spacial score (nSPS) is 10.5. The average Bonchev–Trinajstić information content (AvgIpc) is 3.01. The minimum Gasteiger partial charge on any atom is -0.361 e. The summed E-state index contributed by atoms with van der Waals surface area (Å²) in [4.78, 5) is 17.6. The smallest absolute Gasteiger partial charge is 0.263 e. The standard InChI is InChI=1S/C20H20BrN3OS/c1-14-18(19(25)23-13-16-8-5-9-17(21)12-16)26-20(24-14)22-11-10-15-6-3-2-4-7-15/h2-9,12H,10-11,13H2,1H3,(H,22,24)(H,23,25). The van der Waals surface area contributed by atoms with Crippen molar-refractivity contribution in [3.05, 3.63) is 80.8 Å². The van der Waals surface area contributed by atoms with E-state index in [1.807, 2.05) is 49.4 Å². The highest BCUT2D eigenvalue weighted by molar-refractivity contribution is 9.10. The SMILES string of the molecule is Cc1nc(NCCc2ccccc2)sc1C(=O)NCc1cccc(Br)c1. The molecule has 26 heavy (non-hydrogen) atoms. The van der Waals surface area contributed by atoms with Crippen LogP contribution in [0.15, 0.2) is 59.1 Å². The van der Waals surface area contributed by atoms with Gasteiger partial charge >= 0.3 is 0 Å². The summed E-state index contributed by atoms with van der Waals surface area (Å²) in [6, 6.07) is 18.2. The summed E-state index contributed by atoms with van der Waals surface area (Å²) in [5.74, 6) is -0.0870. The molecule has 6 heteroatoms. The van der Waals surface area contributed by atoms with Gasteiger partial charge in [0, 0.05) is 17.6 Å². The van der Waals surface area contributed by atoms with E-state index in [9.17, 15) is 4.79 Å². The third-order valence-corrected chi connectivity index (χ3v) is 5.48. The number of nitrogens with zero attached hydrogens (tertiary/aromatic N) is 1. The van der Waals surface area contributed by atoms with Crippen LogP contribution in [0.1, 0.15) is 26.5 Å². The molecule has 3 aromatic rings. The summed E-state index contributed by atoms with van der Waals surface area (Å²) in [5.41, 5.74) is 3.08. The predicted octanol–water partition coefficient (Wildman–Crippen LogP) is 4.80. The first-order valence-electron chi connectivity index (χ1n) is 8.39. The lowest BCUT2D eigenvalue weighted by Gasteiger charge is -2.04. The molecule has 0 aliphatic rings. The fraction of sp³-hybridized carbons (Fsp3) is 0.200. The molecule has 3 rings (SSSR count). The molecule has 0 aliphatic carbocycles. The van der Waals surface area contributed by atoms with Crippen LogP contribution in [0.2, 0.25) is 0 Å². The summed E-state index contributed by atoms with van der Waals surface area (Å²) in [6.45, 7) is 3.15. The molecule has 0 fully saturated rings. The summed E-state index contributed by atoms with van der Waals surface area (Å²) in [7, 11) is 0. The van der Waals surface area contributed by atoms with Gasteiger partial charge in [-0.25, -0.2) is 4.98 Å². The Hall–Kier alpha value is -2.18. The number of aromatic nitrogens is 1. The molecule has 0 radical (unpaired) electrons. The lowest BCUT2D eigenvalue weighted by molar-refractivity contribution is 0.0954. The van der Waals surface area contributed by atoms with E-state index in [1.54, 1.807) is 0 Å². The van der Waals surface area contributed by atoms with Gasteiger partial charge in [0.1, 0.15) is 4.88 Å². The highest BCUT2D eigenvalue weighted by Crippen LogP contribution is 2.22. The second kappa shape index (κ2) is 8.96.